The van der Waals surface area contributed by atoms with Crippen LogP contribution in [0.4, 0.5) is 0 Å². The van der Waals surface area contributed by atoms with Crippen LogP contribution in [0, 0.1) is 10.5 Å². The van der Waals surface area contributed by atoms with E-state index in [1.165, 1.54) is 15.3 Å². The van der Waals surface area contributed by atoms with Crippen molar-refractivity contribution in [1.29, 1.82) is 0 Å². The number of hydrogen-bond donors (Lipinski definition) is 1. The number of halogens is 2. The second-order valence-corrected chi connectivity index (χ2v) is 7.00. The lowest BCUT2D eigenvalue weighted by Crippen LogP contribution is -2.21. The standard InChI is InChI=1S/C14H15ClINS/c1-3-17-14(13-7-4-9(2)18-13)10-5-6-12(16)11(15)8-10/h4-8,14,17H,3H2,1-2H3. The molecule has 1 nitrogen and oxygen atoms in total. The van der Waals surface area contributed by atoms with Crippen LogP contribution < -0.4 is 5.32 Å². The number of rotatable bonds is 4. The van der Waals surface area contributed by atoms with E-state index in [0.717, 1.165) is 15.1 Å². The molecule has 1 N–H and O–H groups in total. The fourth-order valence-corrected chi connectivity index (χ4v) is 3.39. The molecule has 1 unspecified atom stereocenters. The van der Waals surface area contributed by atoms with Gasteiger partial charge in [0.05, 0.1) is 11.1 Å². The number of hydrogen-bond acceptors (Lipinski definition) is 2. The molecule has 1 heterocycles. The minimum atomic E-state index is 0.239. The van der Waals surface area contributed by atoms with Crippen LogP contribution in [0.3, 0.4) is 0 Å². The monoisotopic (exact) mass is 391 g/mol. The lowest BCUT2D eigenvalue weighted by atomic mass is 10.1. The highest BCUT2D eigenvalue weighted by Crippen LogP contribution is 2.31. The molecule has 1 aromatic heterocycles. The Balaban J connectivity index is 2.37. The first-order chi connectivity index (χ1) is 8.61. The van der Waals surface area contributed by atoms with E-state index in [1.807, 2.05) is 11.3 Å². The average molecular weight is 392 g/mol. The molecule has 0 saturated carbocycles. The minimum absolute atomic E-state index is 0.239. The third kappa shape index (κ3) is 3.26. The van der Waals surface area contributed by atoms with Crippen molar-refractivity contribution in [3.63, 3.8) is 0 Å². The van der Waals surface area contributed by atoms with Gasteiger partial charge in [-0.3, -0.25) is 0 Å². The number of thiophene rings is 1. The number of nitrogens with one attached hydrogen (secondary N) is 1. The molecule has 0 bridgehead atoms. The maximum absolute atomic E-state index is 6.22. The van der Waals surface area contributed by atoms with Crippen molar-refractivity contribution in [3.8, 4) is 0 Å². The molecule has 0 amide bonds. The molecule has 0 aliphatic heterocycles. The Morgan fingerprint density at radius 2 is 2.11 bits per heavy atom. The zero-order valence-electron chi connectivity index (χ0n) is 10.3. The topological polar surface area (TPSA) is 12.0 Å². The van der Waals surface area contributed by atoms with Gasteiger partial charge in [0, 0.05) is 13.3 Å². The molecular weight excluding hydrogens is 377 g/mol. The van der Waals surface area contributed by atoms with E-state index in [2.05, 4.69) is 72.1 Å². The highest BCUT2D eigenvalue weighted by Gasteiger charge is 2.15. The van der Waals surface area contributed by atoms with Crippen LogP contribution in [0.15, 0.2) is 30.3 Å². The summed E-state index contributed by atoms with van der Waals surface area (Å²) in [5.41, 5.74) is 1.23. The largest absolute Gasteiger partial charge is 0.306 e. The highest BCUT2D eigenvalue weighted by atomic mass is 127. The van der Waals surface area contributed by atoms with Gasteiger partial charge in [-0.25, -0.2) is 0 Å². The second-order valence-electron chi connectivity index (χ2n) is 4.11. The van der Waals surface area contributed by atoms with Crippen molar-refractivity contribution in [2.24, 2.45) is 0 Å². The maximum atomic E-state index is 6.22. The summed E-state index contributed by atoms with van der Waals surface area (Å²) in [6, 6.07) is 10.9. The molecule has 18 heavy (non-hydrogen) atoms. The average Bonchev–Trinajstić information content (AvgIpc) is 2.76. The van der Waals surface area contributed by atoms with Crippen molar-refractivity contribution >= 4 is 45.5 Å². The van der Waals surface area contributed by atoms with Crippen molar-refractivity contribution in [3.05, 3.63) is 54.2 Å². The fourth-order valence-electron chi connectivity index (χ4n) is 1.89. The SMILES string of the molecule is CCNC(c1ccc(I)c(Cl)c1)c1ccc(C)s1. The van der Waals surface area contributed by atoms with E-state index in [0.29, 0.717) is 0 Å². The zero-order valence-corrected chi connectivity index (χ0v) is 14.1. The van der Waals surface area contributed by atoms with E-state index in [9.17, 15) is 0 Å². The summed E-state index contributed by atoms with van der Waals surface area (Å²) < 4.78 is 1.09. The summed E-state index contributed by atoms with van der Waals surface area (Å²) in [5.74, 6) is 0. The van der Waals surface area contributed by atoms with Crippen molar-refractivity contribution in [2.75, 3.05) is 6.54 Å². The Hall–Kier alpha value is -0.100. The van der Waals surface area contributed by atoms with Gasteiger partial charge in [0.1, 0.15) is 0 Å². The van der Waals surface area contributed by atoms with Crippen molar-refractivity contribution in [2.45, 2.75) is 19.9 Å². The van der Waals surface area contributed by atoms with E-state index < -0.39 is 0 Å². The van der Waals surface area contributed by atoms with Gasteiger partial charge in [0.25, 0.3) is 0 Å². The molecule has 2 aromatic rings. The van der Waals surface area contributed by atoms with Gasteiger partial charge in [-0.05, 0) is 65.9 Å². The number of aryl methyl sites for hydroxylation is 1. The Labute approximate surface area is 131 Å². The first-order valence-electron chi connectivity index (χ1n) is 5.86. The molecule has 1 aromatic carbocycles. The van der Waals surface area contributed by atoms with E-state index >= 15 is 0 Å². The smallest absolute Gasteiger partial charge is 0.0671 e. The summed E-state index contributed by atoms with van der Waals surface area (Å²) in [4.78, 5) is 2.68. The van der Waals surface area contributed by atoms with Gasteiger partial charge in [0.2, 0.25) is 0 Å². The predicted molar refractivity (Wildman–Crippen MR) is 88.7 cm³/mol. The second kappa shape index (κ2) is 6.37. The highest BCUT2D eigenvalue weighted by molar-refractivity contribution is 14.1. The third-order valence-electron chi connectivity index (χ3n) is 2.73. The predicted octanol–water partition coefficient (Wildman–Crippen LogP) is 5.01. The van der Waals surface area contributed by atoms with Gasteiger partial charge >= 0.3 is 0 Å². The first kappa shape index (κ1) is 14.3. The summed E-state index contributed by atoms with van der Waals surface area (Å²) >= 11 is 10.3. The van der Waals surface area contributed by atoms with Crippen LogP contribution in [0.25, 0.3) is 0 Å². The molecule has 0 spiro atoms. The Kier molecular flexibility index (Phi) is 5.06. The fraction of sp³-hybridized carbons (Fsp3) is 0.286. The van der Waals surface area contributed by atoms with Crippen LogP contribution in [0.2, 0.25) is 5.02 Å². The molecule has 96 valence electrons. The van der Waals surface area contributed by atoms with E-state index in [4.69, 9.17) is 11.6 Å². The molecule has 2 rings (SSSR count). The molecule has 0 fully saturated rings. The maximum Gasteiger partial charge on any atom is 0.0671 e. The molecular formula is C14H15ClINS. The summed E-state index contributed by atoms with van der Waals surface area (Å²) in [7, 11) is 0. The first-order valence-corrected chi connectivity index (χ1v) is 8.13. The lowest BCUT2D eigenvalue weighted by Gasteiger charge is -2.17. The van der Waals surface area contributed by atoms with Gasteiger partial charge < -0.3 is 5.32 Å². The van der Waals surface area contributed by atoms with Gasteiger partial charge in [0.15, 0.2) is 0 Å². The van der Waals surface area contributed by atoms with Gasteiger partial charge in [-0.1, -0.05) is 24.6 Å². The molecule has 0 saturated heterocycles. The molecule has 0 radical (unpaired) electrons. The van der Waals surface area contributed by atoms with E-state index in [1.54, 1.807) is 0 Å². The van der Waals surface area contributed by atoms with Gasteiger partial charge in [-0.15, -0.1) is 11.3 Å². The molecule has 0 aliphatic rings. The lowest BCUT2D eigenvalue weighted by molar-refractivity contribution is 0.639. The van der Waals surface area contributed by atoms with Crippen LogP contribution in [-0.2, 0) is 0 Å². The summed E-state index contributed by atoms with van der Waals surface area (Å²) in [6.07, 6.45) is 0. The van der Waals surface area contributed by atoms with E-state index in [-0.39, 0.29) is 6.04 Å². The third-order valence-corrected chi connectivity index (χ3v) is 5.37. The molecule has 4 heteroatoms. The Morgan fingerprint density at radius 3 is 2.67 bits per heavy atom. The Morgan fingerprint density at radius 1 is 1.33 bits per heavy atom. The molecule has 1 atom stereocenters. The normalized spacial score (nSPS) is 12.7. The number of benzene rings is 1. The zero-order chi connectivity index (χ0) is 13.1. The minimum Gasteiger partial charge on any atom is -0.306 e. The van der Waals surface area contributed by atoms with Crippen molar-refractivity contribution < 1.29 is 0 Å². The van der Waals surface area contributed by atoms with Crippen molar-refractivity contribution in [1.82, 2.24) is 5.32 Å². The molecule has 0 aliphatic carbocycles. The van der Waals surface area contributed by atoms with Crippen LogP contribution >= 0.6 is 45.5 Å². The summed E-state index contributed by atoms with van der Waals surface area (Å²) in [6.45, 7) is 5.20. The Bertz CT molecular complexity index is 538. The summed E-state index contributed by atoms with van der Waals surface area (Å²) in [5, 5.41) is 4.35. The van der Waals surface area contributed by atoms with Gasteiger partial charge in [-0.2, -0.15) is 0 Å². The van der Waals surface area contributed by atoms with Crippen LogP contribution in [0.1, 0.15) is 28.3 Å². The van der Waals surface area contributed by atoms with Crippen LogP contribution in [-0.4, -0.2) is 6.54 Å². The quantitative estimate of drug-likeness (QED) is 0.722. The van der Waals surface area contributed by atoms with Crippen LogP contribution in [0.5, 0.6) is 0 Å².